The Labute approximate surface area is 207 Å². The number of piperidine rings is 1. The summed E-state index contributed by atoms with van der Waals surface area (Å²) in [6.07, 6.45) is 4.38. The Balaban J connectivity index is 1.42. The third-order valence-corrected chi connectivity index (χ3v) is 6.96. The lowest BCUT2D eigenvalue weighted by atomic mass is 9.84. The maximum atomic E-state index is 10.1. The zero-order valence-corrected chi connectivity index (χ0v) is 20.2. The molecule has 2 aliphatic rings. The van der Waals surface area contributed by atoms with Gasteiger partial charge in [0.2, 0.25) is 0 Å². The van der Waals surface area contributed by atoms with Gasteiger partial charge >= 0.3 is 0 Å². The van der Waals surface area contributed by atoms with Crippen LogP contribution in [0.4, 0.5) is 0 Å². The molecule has 5 heteroatoms. The summed E-state index contributed by atoms with van der Waals surface area (Å²) >= 11 is 0. The van der Waals surface area contributed by atoms with E-state index in [1.54, 1.807) is 24.3 Å². The van der Waals surface area contributed by atoms with Gasteiger partial charge in [0.15, 0.2) is 0 Å². The molecule has 5 rings (SSSR count). The number of ether oxygens (including phenoxy) is 2. The molecule has 5 nitrogen and oxygen atoms in total. The largest absolute Gasteiger partial charge is 0.508 e. The molecule has 2 N–H and O–H groups in total. The molecule has 1 fully saturated rings. The average Bonchev–Trinajstić information content (AvgIpc) is 2.89. The van der Waals surface area contributed by atoms with Gasteiger partial charge in [-0.3, -0.25) is 4.90 Å². The van der Waals surface area contributed by atoms with E-state index in [-0.39, 0.29) is 17.6 Å². The topological polar surface area (TPSA) is 62.2 Å². The number of hydrogen-bond donors (Lipinski definition) is 2. The first-order valence-electron chi connectivity index (χ1n) is 12.6. The Morgan fingerprint density at radius 1 is 0.886 bits per heavy atom. The number of hydrogen-bond acceptors (Lipinski definition) is 5. The van der Waals surface area contributed by atoms with Gasteiger partial charge in [-0.1, -0.05) is 37.6 Å². The molecule has 35 heavy (non-hydrogen) atoms. The number of phenolic OH excluding ortho intramolecular Hbond substituents is 2. The predicted octanol–water partition coefficient (Wildman–Crippen LogP) is 6.42. The summed E-state index contributed by atoms with van der Waals surface area (Å²) in [5.41, 5.74) is 5.25. The molecule has 2 aliphatic heterocycles. The minimum Gasteiger partial charge on any atom is -0.508 e. The fourth-order valence-corrected chi connectivity index (χ4v) is 5.14. The first kappa shape index (κ1) is 23.3. The zero-order chi connectivity index (χ0) is 24.2. The summed E-state index contributed by atoms with van der Waals surface area (Å²) in [5, 5.41) is 19.9. The number of fused-ring (bicyclic) bond motifs is 1. The van der Waals surface area contributed by atoms with Crippen molar-refractivity contribution in [3.8, 4) is 23.0 Å². The standard InChI is InChI=1S/C30H33NO4/c1-2-26-27-15-12-24(33)20-28(27)35-30(29(26)21-6-10-23(32)11-7-21)22-8-13-25(14-9-22)34-19-18-31-16-4-3-5-17-31/h6-15,20,30,32-33H,2-5,16-19H2,1H3. The molecule has 182 valence electrons. The van der Waals surface area contributed by atoms with Crippen molar-refractivity contribution in [1.82, 2.24) is 4.90 Å². The quantitative estimate of drug-likeness (QED) is 0.416. The van der Waals surface area contributed by atoms with Crippen LogP contribution in [0, 0.1) is 0 Å². The molecular weight excluding hydrogens is 438 g/mol. The molecule has 1 saturated heterocycles. The lowest BCUT2D eigenvalue weighted by Crippen LogP contribution is -2.33. The molecule has 0 spiro atoms. The number of benzene rings is 3. The van der Waals surface area contributed by atoms with Crippen LogP contribution in [0.5, 0.6) is 23.0 Å². The molecule has 0 aliphatic carbocycles. The lowest BCUT2D eigenvalue weighted by molar-refractivity contribution is 0.183. The summed E-state index contributed by atoms with van der Waals surface area (Å²) in [5.74, 6) is 1.95. The van der Waals surface area contributed by atoms with Gasteiger partial charge in [0.05, 0.1) is 0 Å². The van der Waals surface area contributed by atoms with Gasteiger partial charge in [-0.05, 0) is 85.5 Å². The van der Waals surface area contributed by atoms with E-state index < -0.39 is 0 Å². The Morgan fingerprint density at radius 2 is 1.60 bits per heavy atom. The molecule has 3 aromatic rings. The van der Waals surface area contributed by atoms with Gasteiger partial charge in [-0.15, -0.1) is 0 Å². The zero-order valence-electron chi connectivity index (χ0n) is 20.2. The highest BCUT2D eigenvalue weighted by Crippen LogP contribution is 2.48. The summed E-state index contributed by atoms with van der Waals surface area (Å²) in [7, 11) is 0. The Morgan fingerprint density at radius 3 is 2.31 bits per heavy atom. The minimum atomic E-state index is -0.341. The molecule has 3 aromatic carbocycles. The SMILES string of the molecule is CCC1=C(c2ccc(O)cc2)C(c2ccc(OCCN3CCCCC3)cc2)Oc2cc(O)ccc21. The van der Waals surface area contributed by atoms with Gasteiger partial charge in [0.1, 0.15) is 35.7 Å². The lowest BCUT2D eigenvalue weighted by Gasteiger charge is -2.32. The highest BCUT2D eigenvalue weighted by atomic mass is 16.5. The number of likely N-dealkylation sites (tertiary alicyclic amines) is 1. The number of rotatable bonds is 7. The van der Waals surface area contributed by atoms with E-state index in [9.17, 15) is 10.2 Å². The van der Waals surface area contributed by atoms with Crippen molar-refractivity contribution in [2.45, 2.75) is 38.7 Å². The highest BCUT2D eigenvalue weighted by Gasteiger charge is 2.30. The van der Waals surface area contributed by atoms with Crippen LogP contribution in [0.25, 0.3) is 11.1 Å². The predicted molar refractivity (Wildman–Crippen MR) is 139 cm³/mol. The van der Waals surface area contributed by atoms with Crippen LogP contribution >= 0.6 is 0 Å². The van der Waals surface area contributed by atoms with Crippen LogP contribution in [-0.4, -0.2) is 41.4 Å². The second-order valence-electron chi connectivity index (χ2n) is 9.29. The van der Waals surface area contributed by atoms with Crippen LogP contribution in [0.2, 0.25) is 0 Å². The van der Waals surface area contributed by atoms with Crippen LogP contribution < -0.4 is 9.47 Å². The summed E-state index contributed by atoms with van der Waals surface area (Å²) < 4.78 is 12.5. The van der Waals surface area contributed by atoms with E-state index in [4.69, 9.17) is 9.47 Å². The van der Waals surface area contributed by atoms with Gasteiger partial charge in [0.25, 0.3) is 0 Å². The molecule has 0 bridgehead atoms. The van der Waals surface area contributed by atoms with Crippen molar-refractivity contribution >= 4 is 11.1 Å². The summed E-state index contributed by atoms with van der Waals surface area (Å²) in [6.45, 7) is 6.12. The maximum absolute atomic E-state index is 10.1. The number of nitrogens with zero attached hydrogens (tertiary/aromatic N) is 1. The van der Waals surface area contributed by atoms with Crippen molar-refractivity contribution in [2.24, 2.45) is 0 Å². The van der Waals surface area contributed by atoms with Gasteiger partial charge in [0, 0.05) is 23.7 Å². The molecule has 2 heterocycles. The third-order valence-electron chi connectivity index (χ3n) is 6.96. The molecule has 1 atom stereocenters. The summed E-state index contributed by atoms with van der Waals surface area (Å²) in [6, 6.07) is 20.7. The van der Waals surface area contributed by atoms with E-state index in [1.165, 1.54) is 37.9 Å². The van der Waals surface area contributed by atoms with Crippen molar-refractivity contribution in [3.63, 3.8) is 0 Å². The Kier molecular flexibility index (Phi) is 6.96. The molecule has 0 radical (unpaired) electrons. The second kappa shape index (κ2) is 10.4. The maximum Gasteiger partial charge on any atom is 0.150 e. The fourth-order valence-electron chi connectivity index (χ4n) is 5.14. The van der Waals surface area contributed by atoms with E-state index in [0.717, 1.165) is 41.0 Å². The average molecular weight is 472 g/mol. The van der Waals surface area contributed by atoms with E-state index in [2.05, 4.69) is 24.0 Å². The number of phenols is 2. The van der Waals surface area contributed by atoms with Crippen LogP contribution in [0.15, 0.2) is 66.7 Å². The minimum absolute atomic E-state index is 0.184. The van der Waals surface area contributed by atoms with E-state index in [0.29, 0.717) is 12.4 Å². The van der Waals surface area contributed by atoms with Crippen molar-refractivity contribution < 1.29 is 19.7 Å². The number of aromatic hydroxyl groups is 2. The fraction of sp³-hybridized carbons (Fsp3) is 0.333. The van der Waals surface area contributed by atoms with E-state index >= 15 is 0 Å². The van der Waals surface area contributed by atoms with Crippen molar-refractivity contribution in [2.75, 3.05) is 26.2 Å². The van der Waals surface area contributed by atoms with Gasteiger partial charge in [-0.2, -0.15) is 0 Å². The first-order valence-corrected chi connectivity index (χ1v) is 12.6. The second-order valence-corrected chi connectivity index (χ2v) is 9.29. The molecular formula is C30H33NO4. The molecule has 0 amide bonds. The van der Waals surface area contributed by atoms with Crippen molar-refractivity contribution in [3.05, 3.63) is 83.4 Å². The Bertz CT molecular complexity index is 1180. The summed E-state index contributed by atoms with van der Waals surface area (Å²) in [4.78, 5) is 2.47. The molecule has 1 unspecified atom stereocenters. The highest BCUT2D eigenvalue weighted by molar-refractivity contribution is 5.96. The van der Waals surface area contributed by atoms with E-state index in [1.807, 2.05) is 30.3 Å². The van der Waals surface area contributed by atoms with Gasteiger partial charge < -0.3 is 19.7 Å². The first-order chi connectivity index (χ1) is 17.1. The van der Waals surface area contributed by atoms with Gasteiger partial charge in [-0.25, -0.2) is 0 Å². The van der Waals surface area contributed by atoms with Crippen molar-refractivity contribution in [1.29, 1.82) is 0 Å². The monoisotopic (exact) mass is 471 g/mol. The molecule has 0 saturated carbocycles. The third kappa shape index (κ3) is 5.15. The smallest absolute Gasteiger partial charge is 0.150 e. The van der Waals surface area contributed by atoms with Crippen LogP contribution in [0.3, 0.4) is 0 Å². The normalized spacial score (nSPS) is 18.1. The Hall–Kier alpha value is -3.44. The van der Waals surface area contributed by atoms with Crippen LogP contribution in [0.1, 0.15) is 55.4 Å². The molecule has 0 aromatic heterocycles. The number of allylic oxidation sites excluding steroid dienone is 1. The van der Waals surface area contributed by atoms with Crippen LogP contribution in [-0.2, 0) is 0 Å².